The number of hydrogen-bond acceptors (Lipinski definition) is 5. The molecule has 1 saturated carbocycles. The Bertz CT molecular complexity index is 1210. The van der Waals surface area contributed by atoms with Crippen LogP contribution in [0.4, 0.5) is 8.78 Å². The van der Waals surface area contributed by atoms with Gasteiger partial charge in [0, 0.05) is 10.9 Å². The van der Waals surface area contributed by atoms with Gasteiger partial charge in [0.1, 0.15) is 17.2 Å². The highest BCUT2D eigenvalue weighted by Crippen LogP contribution is 2.42. The molecule has 2 heterocycles. The minimum atomic E-state index is -0.549. The van der Waals surface area contributed by atoms with E-state index in [1.54, 1.807) is 30.4 Å². The first-order chi connectivity index (χ1) is 13.5. The van der Waals surface area contributed by atoms with Crippen LogP contribution in [-0.2, 0) is 5.54 Å². The van der Waals surface area contributed by atoms with Gasteiger partial charge in [0.25, 0.3) is 0 Å². The molecule has 1 aliphatic carbocycles. The molecule has 140 valence electrons. The molecule has 5 rings (SSSR count). The Morgan fingerprint density at radius 3 is 2.61 bits per heavy atom. The average Bonchev–Trinajstić information content (AvgIpc) is 3.11. The van der Waals surface area contributed by atoms with E-state index in [4.69, 9.17) is 10.2 Å². The van der Waals surface area contributed by atoms with Crippen LogP contribution in [0.3, 0.4) is 0 Å². The molecule has 0 saturated heterocycles. The number of fused-ring (bicyclic) bond motifs is 1. The van der Waals surface area contributed by atoms with Gasteiger partial charge in [0.2, 0.25) is 11.8 Å². The lowest BCUT2D eigenvalue weighted by Crippen LogP contribution is -2.18. The van der Waals surface area contributed by atoms with Gasteiger partial charge in [-0.1, -0.05) is 18.2 Å². The van der Waals surface area contributed by atoms with Gasteiger partial charge in [-0.3, -0.25) is 5.10 Å². The smallest absolute Gasteiger partial charge is 0.247 e. The average molecular weight is 379 g/mol. The van der Waals surface area contributed by atoms with Crippen molar-refractivity contribution < 1.29 is 13.2 Å². The summed E-state index contributed by atoms with van der Waals surface area (Å²) >= 11 is 0. The zero-order valence-electron chi connectivity index (χ0n) is 14.6. The van der Waals surface area contributed by atoms with E-state index >= 15 is 0 Å². The Labute approximate surface area is 158 Å². The van der Waals surface area contributed by atoms with E-state index in [1.165, 1.54) is 18.2 Å². The van der Waals surface area contributed by atoms with Gasteiger partial charge in [0.05, 0.1) is 11.2 Å². The van der Waals surface area contributed by atoms with Crippen molar-refractivity contribution in [2.45, 2.75) is 18.4 Å². The first-order valence-corrected chi connectivity index (χ1v) is 8.76. The molecule has 28 heavy (non-hydrogen) atoms. The summed E-state index contributed by atoms with van der Waals surface area (Å²) in [7, 11) is 0. The molecule has 0 atom stereocenters. The largest absolute Gasteiger partial charge is 0.419 e. The minimum absolute atomic E-state index is 0.210. The van der Waals surface area contributed by atoms with Gasteiger partial charge >= 0.3 is 0 Å². The number of rotatable bonds is 4. The second-order valence-corrected chi connectivity index (χ2v) is 6.94. The molecule has 3 N–H and O–H groups in total. The van der Waals surface area contributed by atoms with Crippen LogP contribution in [0.5, 0.6) is 0 Å². The van der Waals surface area contributed by atoms with E-state index in [0.717, 1.165) is 18.4 Å². The highest BCUT2D eigenvalue weighted by Gasteiger charge is 2.45. The van der Waals surface area contributed by atoms with Crippen LogP contribution in [0, 0.1) is 11.6 Å². The van der Waals surface area contributed by atoms with Gasteiger partial charge in [-0.15, -0.1) is 10.2 Å². The van der Waals surface area contributed by atoms with Gasteiger partial charge in [0.15, 0.2) is 0 Å². The maximum Gasteiger partial charge on any atom is 0.247 e. The van der Waals surface area contributed by atoms with Crippen molar-refractivity contribution >= 4 is 23.1 Å². The molecule has 4 aromatic rings. The summed E-state index contributed by atoms with van der Waals surface area (Å²) in [4.78, 5) is 0. The molecule has 0 bridgehead atoms. The van der Waals surface area contributed by atoms with Gasteiger partial charge in [-0.05, 0) is 48.7 Å². The fourth-order valence-electron chi connectivity index (χ4n) is 2.99. The van der Waals surface area contributed by atoms with Gasteiger partial charge < -0.3 is 10.2 Å². The number of nitrogens with two attached hydrogens (primary N) is 1. The van der Waals surface area contributed by atoms with Crippen LogP contribution >= 0.6 is 0 Å². The van der Waals surface area contributed by atoms with E-state index < -0.39 is 11.4 Å². The number of aromatic nitrogens is 4. The summed E-state index contributed by atoms with van der Waals surface area (Å²) < 4.78 is 33.2. The van der Waals surface area contributed by atoms with Crippen LogP contribution in [0.2, 0.25) is 0 Å². The van der Waals surface area contributed by atoms with E-state index in [-0.39, 0.29) is 17.2 Å². The highest BCUT2D eigenvalue weighted by molar-refractivity contribution is 5.92. The third-order valence-electron chi connectivity index (χ3n) is 4.84. The minimum Gasteiger partial charge on any atom is -0.419 e. The van der Waals surface area contributed by atoms with Crippen LogP contribution in [0.15, 0.2) is 40.8 Å². The molecule has 1 fully saturated rings. The molecule has 0 unspecified atom stereocenters. The molecule has 0 aliphatic heterocycles. The van der Waals surface area contributed by atoms with Gasteiger partial charge in [-0.2, -0.15) is 5.10 Å². The normalized spacial score (nSPS) is 15.5. The summed E-state index contributed by atoms with van der Waals surface area (Å²) in [6.45, 7) is 0. The topological polar surface area (TPSA) is 93.6 Å². The number of halogens is 2. The fraction of sp³-hybridized carbons (Fsp3) is 0.150. The molecule has 0 spiro atoms. The van der Waals surface area contributed by atoms with Crippen molar-refractivity contribution in [3.63, 3.8) is 0 Å². The Kier molecular flexibility index (Phi) is 3.63. The Hall–Kier alpha value is -3.39. The van der Waals surface area contributed by atoms with E-state index in [2.05, 4.69) is 20.4 Å². The lowest BCUT2D eigenvalue weighted by molar-refractivity contribution is 0.449. The molecule has 1 aliphatic rings. The first-order valence-electron chi connectivity index (χ1n) is 8.76. The SMILES string of the molecule is NC1(c2nnc(-c3cc(F)c4[nH]nc(C=Cc5ccc(F)cc5)c4c3)o2)CC1. The number of benzene rings is 2. The van der Waals surface area contributed by atoms with Crippen molar-refractivity contribution in [3.05, 3.63) is 65.2 Å². The Morgan fingerprint density at radius 1 is 1.07 bits per heavy atom. The lowest BCUT2D eigenvalue weighted by atomic mass is 10.1. The number of aromatic amines is 1. The van der Waals surface area contributed by atoms with Crippen LogP contribution in [0.25, 0.3) is 34.5 Å². The van der Waals surface area contributed by atoms with Crippen molar-refractivity contribution in [1.29, 1.82) is 0 Å². The third-order valence-corrected chi connectivity index (χ3v) is 4.84. The molecular weight excluding hydrogens is 364 g/mol. The number of H-pyrrole nitrogens is 1. The zero-order chi connectivity index (χ0) is 19.3. The molecular formula is C20H15F2N5O. The van der Waals surface area contributed by atoms with E-state index in [9.17, 15) is 8.78 Å². The van der Waals surface area contributed by atoms with E-state index in [0.29, 0.717) is 22.5 Å². The molecule has 2 aromatic carbocycles. The summed E-state index contributed by atoms with van der Waals surface area (Å²) in [6, 6.07) is 9.09. The summed E-state index contributed by atoms with van der Waals surface area (Å²) in [5, 5.41) is 15.4. The molecule has 0 radical (unpaired) electrons. The van der Waals surface area contributed by atoms with Crippen LogP contribution < -0.4 is 5.73 Å². The monoisotopic (exact) mass is 379 g/mol. The molecule has 0 amide bonds. The van der Waals surface area contributed by atoms with Crippen molar-refractivity contribution in [2.24, 2.45) is 5.73 Å². The summed E-state index contributed by atoms with van der Waals surface area (Å²) in [6.07, 6.45) is 5.09. The lowest BCUT2D eigenvalue weighted by Gasteiger charge is -2.01. The first kappa shape index (κ1) is 16.8. The maximum atomic E-state index is 14.6. The Balaban J connectivity index is 1.53. The molecule has 6 nitrogen and oxygen atoms in total. The molecule has 2 aromatic heterocycles. The maximum absolute atomic E-state index is 14.6. The summed E-state index contributed by atoms with van der Waals surface area (Å²) in [5.41, 5.74) is 7.59. The predicted octanol–water partition coefficient (Wildman–Crippen LogP) is 4.01. The Morgan fingerprint density at radius 2 is 1.86 bits per heavy atom. The van der Waals surface area contributed by atoms with Crippen molar-refractivity contribution in [2.75, 3.05) is 0 Å². The van der Waals surface area contributed by atoms with Crippen molar-refractivity contribution in [1.82, 2.24) is 20.4 Å². The zero-order valence-corrected chi connectivity index (χ0v) is 14.6. The van der Waals surface area contributed by atoms with Crippen LogP contribution in [0.1, 0.15) is 30.0 Å². The second-order valence-electron chi connectivity index (χ2n) is 6.94. The highest BCUT2D eigenvalue weighted by atomic mass is 19.1. The summed E-state index contributed by atoms with van der Waals surface area (Å²) in [5.74, 6) is -0.206. The standard InChI is InChI=1S/C20H15F2N5O/c21-13-4-1-11(2-5-13)3-6-16-14-9-12(10-15(22)17(14)25-24-16)18-26-27-19(28-18)20(23)7-8-20/h1-6,9-10H,7-8,23H2,(H,24,25). The number of hydrogen-bond donors (Lipinski definition) is 2. The molecule has 8 heteroatoms. The second kappa shape index (κ2) is 6.07. The quantitative estimate of drug-likeness (QED) is 0.559. The number of nitrogens with zero attached hydrogens (tertiary/aromatic N) is 3. The predicted molar refractivity (Wildman–Crippen MR) is 99.8 cm³/mol. The van der Waals surface area contributed by atoms with Crippen molar-refractivity contribution in [3.8, 4) is 11.5 Å². The van der Waals surface area contributed by atoms with Gasteiger partial charge in [-0.25, -0.2) is 8.78 Å². The fourth-order valence-corrected chi connectivity index (χ4v) is 2.99. The number of nitrogens with one attached hydrogen (secondary N) is 1. The third kappa shape index (κ3) is 2.87. The van der Waals surface area contributed by atoms with Crippen LogP contribution in [-0.4, -0.2) is 20.4 Å². The van der Waals surface area contributed by atoms with E-state index in [1.807, 2.05) is 0 Å².